The molecular weight excluding hydrogens is 304 g/mol. The van der Waals surface area contributed by atoms with Crippen LogP contribution in [0.15, 0.2) is 47.3 Å². The third kappa shape index (κ3) is 2.69. The second-order valence-electron chi connectivity index (χ2n) is 5.71. The summed E-state index contributed by atoms with van der Waals surface area (Å²) in [4.78, 5) is 17.4. The molecular formula is C19H20N2O3. The molecule has 1 aromatic heterocycles. The van der Waals surface area contributed by atoms with E-state index in [1.54, 1.807) is 14.2 Å². The van der Waals surface area contributed by atoms with Crippen LogP contribution in [0, 0.1) is 0 Å². The predicted molar refractivity (Wildman–Crippen MR) is 97.4 cm³/mol. The Morgan fingerprint density at radius 1 is 0.917 bits per heavy atom. The molecule has 0 aliphatic heterocycles. The van der Waals surface area contributed by atoms with E-state index >= 15 is 0 Å². The second-order valence-corrected chi connectivity index (χ2v) is 5.71. The maximum atomic E-state index is 12.5. The van der Waals surface area contributed by atoms with E-state index in [0.29, 0.717) is 16.9 Å². The van der Waals surface area contributed by atoms with Gasteiger partial charge in [-0.15, -0.1) is 0 Å². The smallest absolute Gasteiger partial charge is 0.256 e. The van der Waals surface area contributed by atoms with E-state index in [-0.39, 0.29) is 5.56 Å². The number of anilines is 1. The number of hydrogen-bond acceptors (Lipinski definition) is 4. The van der Waals surface area contributed by atoms with Gasteiger partial charge in [0, 0.05) is 41.8 Å². The van der Waals surface area contributed by atoms with Crippen LogP contribution >= 0.6 is 0 Å². The van der Waals surface area contributed by atoms with E-state index in [1.807, 2.05) is 61.5 Å². The van der Waals surface area contributed by atoms with Crippen molar-refractivity contribution in [2.45, 2.75) is 0 Å². The summed E-state index contributed by atoms with van der Waals surface area (Å²) in [5.74, 6) is 1.27. The number of hydrogen-bond donors (Lipinski definition) is 1. The van der Waals surface area contributed by atoms with Crippen LogP contribution in [0.4, 0.5) is 5.69 Å². The van der Waals surface area contributed by atoms with Gasteiger partial charge in [0.2, 0.25) is 0 Å². The number of ether oxygens (including phenoxy) is 2. The van der Waals surface area contributed by atoms with Gasteiger partial charge < -0.3 is 19.4 Å². The molecule has 3 aromatic rings. The largest absolute Gasteiger partial charge is 0.493 e. The van der Waals surface area contributed by atoms with Crippen LogP contribution in [0.25, 0.3) is 22.0 Å². The van der Waals surface area contributed by atoms with Crippen molar-refractivity contribution in [3.05, 3.63) is 52.8 Å². The molecule has 0 saturated heterocycles. The maximum Gasteiger partial charge on any atom is 0.256 e. The minimum atomic E-state index is -0.110. The first-order valence-electron chi connectivity index (χ1n) is 7.61. The Morgan fingerprint density at radius 3 is 2.33 bits per heavy atom. The molecule has 0 radical (unpaired) electrons. The number of pyridine rings is 1. The zero-order valence-corrected chi connectivity index (χ0v) is 14.2. The number of fused-ring (bicyclic) bond motifs is 1. The molecule has 124 valence electrons. The van der Waals surface area contributed by atoms with Crippen molar-refractivity contribution in [1.29, 1.82) is 0 Å². The van der Waals surface area contributed by atoms with Crippen molar-refractivity contribution in [1.82, 2.24) is 4.98 Å². The number of H-pyrrole nitrogens is 1. The fourth-order valence-corrected chi connectivity index (χ4v) is 2.82. The van der Waals surface area contributed by atoms with Crippen molar-refractivity contribution in [3.8, 4) is 22.8 Å². The van der Waals surface area contributed by atoms with Gasteiger partial charge in [-0.05, 0) is 36.4 Å². The molecule has 1 heterocycles. The van der Waals surface area contributed by atoms with E-state index in [9.17, 15) is 4.79 Å². The molecule has 1 N–H and O–H groups in total. The van der Waals surface area contributed by atoms with Crippen molar-refractivity contribution < 1.29 is 9.47 Å². The normalized spacial score (nSPS) is 10.7. The molecule has 2 aromatic carbocycles. The molecule has 24 heavy (non-hydrogen) atoms. The van der Waals surface area contributed by atoms with Crippen LogP contribution in [0.5, 0.6) is 11.5 Å². The molecule has 0 unspecified atom stereocenters. The highest BCUT2D eigenvalue weighted by Crippen LogP contribution is 2.33. The van der Waals surface area contributed by atoms with Crippen LogP contribution in [0.2, 0.25) is 0 Å². The van der Waals surface area contributed by atoms with E-state index in [1.165, 1.54) is 0 Å². The molecule has 3 rings (SSSR count). The quantitative estimate of drug-likeness (QED) is 0.800. The van der Waals surface area contributed by atoms with Gasteiger partial charge >= 0.3 is 0 Å². The Balaban J connectivity index is 2.24. The topological polar surface area (TPSA) is 54.6 Å². The average Bonchev–Trinajstić information content (AvgIpc) is 2.60. The highest BCUT2D eigenvalue weighted by Gasteiger charge is 2.11. The second kappa shape index (κ2) is 6.28. The molecule has 0 aliphatic rings. The van der Waals surface area contributed by atoms with E-state index in [0.717, 1.165) is 22.3 Å². The molecule has 5 nitrogen and oxygen atoms in total. The van der Waals surface area contributed by atoms with Crippen LogP contribution in [0.3, 0.4) is 0 Å². The summed E-state index contributed by atoms with van der Waals surface area (Å²) in [6, 6.07) is 13.3. The highest BCUT2D eigenvalue weighted by atomic mass is 16.5. The maximum absolute atomic E-state index is 12.5. The van der Waals surface area contributed by atoms with E-state index in [2.05, 4.69) is 4.98 Å². The average molecular weight is 324 g/mol. The van der Waals surface area contributed by atoms with Crippen LogP contribution in [-0.2, 0) is 0 Å². The summed E-state index contributed by atoms with van der Waals surface area (Å²) < 4.78 is 10.6. The molecule has 0 atom stereocenters. The fourth-order valence-electron chi connectivity index (χ4n) is 2.82. The SMILES string of the molecule is COc1ccc(-c2cc3c(N(C)C)cccc3c(=O)[nH]2)cc1OC. The lowest BCUT2D eigenvalue weighted by Crippen LogP contribution is -2.12. The number of nitrogens with one attached hydrogen (secondary N) is 1. The van der Waals surface area contributed by atoms with Gasteiger partial charge in [-0.3, -0.25) is 4.79 Å². The van der Waals surface area contributed by atoms with Gasteiger partial charge in [-0.1, -0.05) is 6.07 Å². The zero-order chi connectivity index (χ0) is 17.3. The molecule has 0 bridgehead atoms. The molecule has 5 heteroatoms. The third-order valence-electron chi connectivity index (χ3n) is 4.04. The predicted octanol–water partition coefficient (Wildman–Crippen LogP) is 3.28. The number of aromatic amines is 1. The Hall–Kier alpha value is -2.95. The zero-order valence-electron chi connectivity index (χ0n) is 14.2. The van der Waals surface area contributed by atoms with Crippen LogP contribution in [0.1, 0.15) is 0 Å². The lowest BCUT2D eigenvalue weighted by Gasteiger charge is -2.16. The molecule has 0 amide bonds. The lowest BCUT2D eigenvalue weighted by molar-refractivity contribution is 0.355. The van der Waals surface area contributed by atoms with E-state index < -0.39 is 0 Å². The van der Waals surface area contributed by atoms with Crippen molar-refractivity contribution in [2.24, 2.45) is 0 Å². The number of rotatable bonds is 4. The number of aromatic nitrogens is 1. The first-order chi connectivity index (χ1) is 11.5. The minimum absolute atomic E-state index is 0.110. The third-order valence-corrected chi connectivity index (χ3v) is 4.04. The van der Waals surface area contributed by atoms with Crippen LogP contribution < -0.4 is 19.9 Å². The number of benzene rings is 2. The van der Waals surface area contributed by atoms with Crippen LogP contribution in [-0.4, -0.2) is 33.3 Å². The van der Waals surface area contributed by atoms with Gasteiger partial charge in [0.1, 0.15) is 0 Å². The molecule has 0 saturated carbocycles. The number of methoxy groups -OCH3 is 2. The summed E-state index contributed by atoms with van der Waals surface area (Å²) in [6.45, 7) is 0. The summed E-state index contributed by atoms with van der Waals surface area (Å²) in [7, 11) is 7.12. The van der Waals surface area contributed by atoms with Gasteiger partial charge in [0.05, 0.1) is 14.2 Å². The first-order valence-corrected chi connectivity index (χ1v) is 7.61. The van der Waals surface area contributed by atoms with Crippen molar-refractivity contribution in [2.75, 3.05) is 33.2 Å². The molecule has 0 spiro atoms. The van der Waals surface area contributed by atoms with Gasteiger partial charge in [-0.2, -0.15) is 0 Å². The number of nitrogens with zero attached hydrogens (tertiary/aromatic N) is 1. The summed E-state index contributed by atoms with van der Waals surface area (Å²) >= 11 is 0. The Morgan fingerprint density at radius 2 is 1.67 bits per heavy atom. The van der Waals surface area contributed by atoms with Gasteiger partial charge in [0.25, 0.3) is 5.56 Å². The van der Waals surface area contributed by atoms with Gasteiger partial charge in [-0.25, -0.2) is 0 Å². The summed E-state index contributed by atoms with van der Waals surface area (Å²) in [5, 5.41) is 1.58. The fraction of sp³-hybridized carbons (Fsp3) is 0.211. The van der Waals surface area contributed by atoms with Crippen molar-refractivity contribution >= 4 is 16.5 Å². The monoisotopic (exact) mass is 324 g/mol. The molecule has 0 aliphatic carbocycles. The first kappa shape index (κ1) is 15.9. The highest BCUT2D eigenvalue weighted by molar-refractivity contribution is 5.95. The summed E-state index contributed by atoms with van der Waals surface area (Å²) in [6.07, 6.45) is 0. The van der Waals surface area contributed by atoms with E-state index in [4.69, 9.17) is 9.47 Å². The Bertz CT molecular complexity index is 945. The minimum Gasteiger partial charge on any atom is -0.493 e. The molecule has 0 fully saturated rings. The van der Waals surface area contributed by atoms with Crippen molar-refractivity contribution in [3.63, 3.8) is 0 Å². The van der Waals surface area contributed by atoms with Gasteiger partial charge in [0.15, 0.2) is 11.5 Å². The Labute approximate surface area is 140 Å². The summed E-state index contributed by atoms with van der Waals surface area (Å²) in [5.41, 5.74) is 2.49. The lowest BCUT2D eigenvalue weighted by atomic mass is 10.0. The standard InChI is InChI=1S/C19H20N2O3/c1-21(2)16-7-5-6-13-14(16)11-15(20-19(13)22)12-8-9-17(23-3)18(10-12)24-4/h5-11H,1-4H3,(H,20,22). The Kier molecular flexibility index (Phi) is 4.16.